The van der Waals surface area contributed by atoms with Crippen LogP contribution in [0.15, 0.2) is 11.5 Å². The summed E-state index contributed by atoms with van der Waals surface area (Å²) in [4.78, 5) is 24.4. The van der Waals surface area contributed by atoms with E-state index < -0.39 is 11.9 Å². The molecule has 0 saturated heterocycles. The summed E-state index contributed by atoms with van der Waals surface area (Å²) in [7, 11) is 2.57. The van der Waals surface area contributed by atoms with Gasteiger partial charge in [0.2, 0.25) is 0 Å². The predicted octanol–water partition coefficient (Wildman–Crippen LogP) is 2.98. The summed E-state index contributed by atoms with van der Waals surface area (Å²) >= 11 is 2.41. The lowest BCUT2D eigenvalue weighted by Gasteiger charge is -2.08. The van der Waals surface area contributed by atoms with Crippen molar-refractivity contribution >= 4 is 40.0 Å². The molecular weight excluding hydrogens is 376 g/mol. The molecule has 0 radical (unpaired) electrons. The molecule has 8 nitrogen and oxygen atoms in total. The summed E-state index contributed by atoms with van der Waals surface area (Å²) < 4.78 is 11.6. The third-order valence-electron chi connectivity index (χ3n) is 3.72. The second kappa shape index (κ2) is 9.58. The predicted molar refractivity (Wildman–Crippen MR) is 101 cm³/mol. The fraction of sp³-hybridized carbons (Fsp3) is 0.500. The first kappa shape index (κ1) is 20.2. The Morgan fingerprint density at radius 1 is 1.27 bits per heavy atom. The Hall–Kier alpha value is -2.07. The van der Waals surface area contributed by atoms with Crippen LogP contribution in [0, 0.1) is 0 Å². The molecule has 0 aromatic carbocycles. The molecule has 0 bridgehead atoms. The average molecular weight is 399 g/mol. The van der Waals surface area contributed by atoms with Crippen LogP contribution in [0.25, 0.3) is 0 Å². The number of anilines is 1. The Kier molecular flexibility index (Phi) is 7.46. The number of esters is 2. The van der Waals surface area contributed by atoms with Gasteiger partial charge in [-0.15, -0.1) is 21.5 Å². The lowest BCUT2D eigenvalue weighted by molar-refractivity contribution is 0.0601. The van der Waals surface area contributed by atoms with Crippen LogP contribution < -0.4 is 5.73 Å². The van der Waals surface area contributed by atoms with Gasteiger partial charge in [0.15, 0.2) is 5.16 Å². The average Bonchev–Trinajstić information content (AvgIpc) is 3.22. The number of unbranched alkanes of at least 4 members (excludes halogenated alkanes) is 2. The maximum Gasteiger partial charge on any atom is 0.348 e. The van der Waals surface area contributed by atoms with Crippen LogP contribution in [-0.2, 0) is 21.8 Å². The zero-order valence-corrected chi connectivity index (χ0v) is 16.6. The highest BCUT2D eigenvalue weighted by atomic mass is 32.2. The normalized spacial score (nSPS) is 10.7. The molecule has 0 saturated carbocycles. The highest BCUT2D eigenvalue weighted by molar-refractivity contribution is 7.98. The number of aryl methyl sites for hydroxylation is 1. The largest absolute Gasteiger partial charge is 0.465 e. The number of hydrogen-bond donors (Lipinski definition) is 1. The van der Waals surface area contributed by atoms with Crippen LogP contribution >= 0.6 is 23.1 Å². The molecule has 0 spiro atoms. The first-order valence-electron chi connectivity index (χ1n) is 8.11. The minimum atomic E-state index is -0.575. The molecule has 2 N–H and O–H groups in total. The van der Waals surface area contributed by atoms with E-state index in [0.29, 0.717) is 16.2 Å². The van der Waals surface area contributed by atoms with Crippen molar-refractivity contribution in [3.05, 3.63) is 22.3 Å². The molecule has 2 aromatic rings. The lowest BCUT2D eigenvalue weighted by atomic mass is 10.1. The number of nitrogens with two attached hydrogens (primary N) is 1. The highest BCUT2D eigenvalue weighted by Crippen LogP contribution is 2.36. The first-order valence-corrected chi connectivity index (χ1v) is 9.92. The van der Waals surface area contributed by atoms with Crippen molar-refractivity contribution in [2.45, 2.75) is 43.6 Å². The molecule has 26 heavy (non-hydrogen) atoms. The van der Waals surface area contributed by atoms with Gasteiger partial charge < -0.3 is 19.8 Å². The zero-order chi connectivity index (χ0) is 19.1. The van der Waals surface area contributed by atoms with Crippen LogP contribution in [-0.4, -0.2) is 40.9 Å². The van der Waals surface area contributed by atoms with Crippen molar-refractivity contribution in [1.29, 1.82) is 0 Å². The molecule has 10 heteroatoms. The van der Waals surface area contributed by atoms with Gasteiger partial charge in [0.25, 0.3) is 0 Å². The van der Waals surface area contributed by atoms with E-state index in [1.807, 2.05) is 4.57 Å². The van der Waals surface area contributed by atoms with Crippen molar-refractivity contribution in [1.82, 2.24) is 14.8 Å². The number of nitrogen functional groups attached to an aromatic ring is 1. The molecule has 0 fully saturated rings. The van der Waals surface area contributed by atoms with Crippen molar-refractivity contribution < 1.29 is 19.1 Å². The summed E-state index contributed by atoms with van der Waals surface area (Å²) in [6.07, 6.45) is 4.98. The monoisotopic (exact) mass is 398 g/mol. The number of thioether (sulfide) groups is 1. The van der Waals surface area contributed by atoms with Gasteiger partial charge in [-0.25, -0.2) is 9.59 Å². The Morgan fingerprint density at radius 3 is 2.65 bits per heavy atom. The second-order valence-corrected chi connectivity index (χ2v) is 7.43. The van der Waals surface area contributed by atoms with Gasteiger partial charge in [0.1, 0.15) is 16.2 Å². The van der Waals surface area contributed by atoms with Crippen molar-refractivity contribution in [3.63, 3.8) is 0 Å². The van der Waals surface area contributed by atoms with Gasteiger partial charge in [-0.05, 0) is 6.42 Å². The third kappa shape index (κ3) is 4.55. The molecule has 0 aliphatic carbocycles. The maximum absolute atomic E-state index is 12.1. The van der Waals surface area contributed by atoms with Gasteiger partial charge in [0, 0.05) is 17.9 Å². The number of rotatable bonds is 9. The summed E-state index contributed by atoms with van der Waals surface area (Å²) in [5, 5.41) is 9.03. The van der Waals surface area contributed by atoms with Gasteiger partial charge in [0.05, 0.1) is 19.8 Å². The van der Waals surface area contributed by atoms with E-state index in [4.69, 9.17) is 15.2 Å². The minimum Gasteiger partial charge on any atom is -0.465 e. The van der Waals surface area contributed by atoms with Crippen LogP contribution in [0.5, 0.6) is 0 Å². The van der Waals surface area contributed by atoms with E-state index in [9.17, 15) is 9.59 Å². The Bertz CT molecular complexity index is 772. The van der Waals surface area contributed by atoms with Crippen molar-refractivity contribution in [2.24, 2.45) is 0 Å². The summed E-state index contributed by atoms with van der Waals surface area (Å²) in [6, 6.07) is 0. The Labute approximate surface area is 160 Å². The number of methoxy groups -OCH3 is 2. The van der Waals surface area contributed by atoms with E-state index in [-0.39, 0.29) is 10.6 Å². The maximum atomic E-state index is 12.1. The lowest BCUT2D eigenvalue weighted by Crippen LogP contribution is -2.09. The molecule has 0 amide bonds. The summed E-state index contributed by atoms with van der Waals surface area (Å²) in [6.45, 7) is 2.97. The number of hydrogen-bond acceptors (Lipinski definition) is 9. The summed E-state index contributed by atoms with van der Waals surface area (Å²) in [5.74, 6) is -0.777. The molecular formula is C16H22N4O4S2. The van der Waals surface area contributed by atoms with Crippen LogP contribution in [0.4, 0.5) is 5.00 Å². The van der Waals surface area contributed by atoms with Crippen LogP contribution in [0.2, 0.25) is 0 Å². The molecule has 0 atom stereocenters. The van der Waals surface area contributed by atoms with E-state index in [1.54, 1.807) is 6.33 Å². The first-order chi connectivity index (χ1) is 12.5. The summed E-state index contributed by atoms with van der Waals surface area (Å²) in [5.41, 5.74) is 6.65. The quantitative estimate of drug-likeness (QED) is 0.390. The smallest absolute Gasteiger partial charge is 0.348 e. The number of carbonyl (C=O) groups is 2. The SMILES string of the molecule is CCCCCn1cnnc1SCc1c(C(=O)OC)sc(N)c1C(=O)OC. The van der Waals surface area contributed by atoms with E-state index in [0.717, 1.165) is 42.3 Å². The number of aromatic nitrogens is 3. The van der Waals surface area contributed by atoms with Crippen molar-refractivity contribution in [2.75, 3.05) is 20.0 Å². The van der Waals surface area contributed by atoms with E-state index in [1.165, 1.54) is 26.0 Å². The number of carbonyl (C=O) groups excluding carboxylic acids is 2. The Balaban J connectivity index is 2.24. The molecule has 142 valence electrons. The third-order valence-corrected chi connectivity index (χ3v) is 5.77. The highest BCUT2D eigenvalue weighted by Gasteiger charge is 2.27. The number of ether oxygens (including phenoxy) is 2. The topological polar surface area (TPSA) is 109 Å². The van der Waals surface area contributed by atoms with Crippen LogP contribution in [0.3, 0.4) is 0 Å². The van der Waals surface area contributed by atoms with Gasteiger partial charge in [-0.3, -0.25) is 0 Å². The molecule has 0 aliphatic rings. The molecule has 2 rings (SSSR count). The molecule has 2 heterocycles. The number of thiophene rings is 1. The molecule has 2 aromatic heterocycles. The Morgan fingerprint density at radius 2 is 2.00 bits per heavy atom. The van der Waals surface area contributed by atoms with Gasteiger partial charge >= 0.3 is 11.9 Å². The number of nitrogens with zero attached hydrogens (tertiary/aromatic N) is 3. The minimum absolute atomic E-state index is 0.211. The van der Waals surface area contributed by atoms with Crippen LogP contribution in [0.1, 0.15) is 51.8 Å². The van der Waals surface area contributed by atoms with E-state index in [2.05, 4.69) is 17.1 Å². The van der Waals surface area contributed by atoms with E-state index >= 15 is 0 Å². The van der Waals surface area contributed by atoms with Gasteiger partial charge in [-0.1, -0.05) is 31.5 Å². The standard InChI is InChI=1S/C16H22N4O4S2/c1-4-5-6-7-20-9-18-19-16(20)25-8-10-11(14(21)23-2)13(17)26-12(10)15(22)24-3/h9H,4-8,17H2,1-3H3. The molecule has 0 unspecified atom stereocenters. The second-order valence-electron chi connectivity index (χ2n) is 5.43. The fourth-order valence-electron chi connectivity index (χ4n) is 2.38. The van der Waals surface area contributed by atoms with Gasteiger partial charge in [-0.2, -0.15) is 0 Å². The van der Waals surface area contributed by atoms with Crippen molar-refractivity contribution in [3.8, 4) is 0 Å². The fourth-order valence-corrected chi connectivity index (χ4v) is 4.44. The zero-order valence-electron chi connectivity index (χ0n) is 15.0. The molecule has 0 aliphatic heterocycles.